The van der Waals surface area contributed by atoms with E-state index in [1.54, 1.807) is 24.3 Å². The molecule has 0 aliphatic heterocycles. The highest BCUT2D eigenvalue weighted by Gasteiger charge is 2.26. The SMILES string of the molecule is CC(C)C(NC(=O)c1ccc(OCc2ccc(Cl)cc2)cc1)c1nc(-c2ncn[nH]2)no1. The average Bonchev–Trinajstić information content (AvgIpc) is 3.49. The van der Waals surface area contributed by atoms with Gasteiger partial charge in [0.25, 0.3) is 5.91 Å². The van der Waals surface area contributed by atoms with Crippen LogP contribution in [-0.4, -0.2) is 31.2 Å². The molecular weight excluding hydrogens is 432 g/mol. The lowest BCUT2D eigenvalue weighted by molar-refractivity contribution is 0.0914. The van der Waals surface area contributed by atoms with Crippen LogP contribution in [-0.2, 0) is 6.61 Å². The van der Waals surface area contributed by atoms with Crippen LogP contribution in [0.1, 0.15) is 41.7 Å². The van der Waals surface area contributed by atoms with Gasteiger partial charge in [-0.05, 0) is 47.9 Å². The van der Waals surface area contributed by atoms with Crippen molar-refractivity contribution in [2.75, 3.05) is 0 Å². The number of halogens is 1. The molecule has 0 saturated heterocycles. The number of carbonyl (C=O) groups excluding carboxylic acids is 1. The van der Waals surface area contributed by atoms with E-state index < -0.39 is 6.04 Å². The molecule has 2 aromatic carbocycles. The minimum atomic E-state index is -0.465. The summed E-state index contributed by atoms with van der Waals surface area (Å²) in [6.45, 7) is 4.32. The first-order chi connectivity index (χ1) is 15.5. The van der Waals surface area contributed by atoms with Crippen LogP contribution >= 0.6 is 11.6 Å². The van der Waals surface area contributed by atoms with E-state index in [1.807, 2.05) is 38.1 Å². The second kappa shape index (κ2) is 9.61. The predicted octanol–water partition coefficient (Wildman–Crippen LogP) is 4.21. The number of hydrogen-bond donors (Lipinski definition) is 2. The van der Waals surface area contributed by atoms with Gasteiger partial charge in [0.2, 0.25) is 11.7 Å². The van der Waals surface area contributed by atoms with E-state index in [9.17, 15) is 4.79 Å². The highest BCUT2D eigenvalue weighted by molar-refractivity contribution is 6.30. The molecule has 10 heteroatoms. The number of rotatable bonds is 8. The number of ether oxygens (including phenoxy) is 1. The van der Waals surface area contributed by atoms with E-state index in [0.717, 1.165) is 5.56 Å². The van der Waals surface area contributed by atoms with E-state index in [1.165, 1.54) is 6.33 Å². The van der Waals surface area contributed by atoms with Gasteiger partial charge in [-0.2, -0.15) is 10.1 Å². The van der Waals surface area contributed by atoms with Crippen LogP contribution < -0.4 is 10.1 Å². The van der Waals surface area contributed by atoms with Crippen molar-refractivity contribution in [3.8, 4) is 17.4 Å². The number of aromatic amines is 1. The lowest BCUT2D eigenvalue weighted by atomic mass is 10.0. The molecule has 164 valence electrons. The number of amides is 1. The van der Waals surface area contributed by atoms with E-state index in [0.29, 0.717) is 34.7 Å². The number of H-pyrrole nitrogens is 1. The van der Waals surface area contributed by atoms with E-state index in [2.05, 4.69) is 30.6 Å². The number of aromatic nitrogens is 5. The topological polar surface area (TPSA) is 119 Å². The Morgan fingerprint density at radius 3 is 2.56 bits per heavy atom. The van der Waals surface area contributed by atoms with E-state index in [-0.39, 0.29) is 17.6 Å². The van der Waals surface area contributed by atoms with E-state index >= 15 is 0 Å². The average molecular weight is 453 g/mol. The Morgan fingerprint density at radius 1 is 1.16 bits per heavy atom. The minimum absolute atomic E-state index is 0.0176. The van der Waals surface area contributed by atoms with Crippen molar-refractivity contribution in [2.24, 2.45) is 5.92 Å². The first kappa shape index (κ1) is 21.5. The highest BCUT2D eigenvalue weighted by atomic mass is 35.5. The lowest BCUT2D eigenvalue weighted by Gasteiger charge is -2.18. The van der Waals surface area contributed by atoms with Crippen molar-refractivity contribution in [3.63, 3.8) is 0 Å². The van der Waals surface area contributed by atoms with Crippen molar-refractivity contribution in [1.82, 2.24) is 30.6 Å². The summed E-state index contributed by atoms with van der Waals surface area (Å²) in [7, 11) is 0. The zero-order chi connectivity index (χ0) is 22.5. The lowest BCUT2D eigenvalue weighted by Crippen LogP contribution is -2.32. The number of carbonyl (C=O) groups is 1. The summed E-state index contributed by atoms with van der Waals surface area (Å²) in [5.41, 5.74) is 1.49. The highest BCUT2D eigenvalue weighted by Crippen LogP contribution is 2.23. The van der Waals surface area contributed by atoms with Gasteiger partial charge < -0.3 is 14.6 Å². The van der Waals surface area contributed by atoms with Gasteiger partial charge >= 0.3 is 0 Å². The maximum Gasteiger partial charge on any atom is 0.251 e. The molecule has 0 saturated carbocycles. The summed E-state index contributed by atoms with van der Waals surface area (Å²) >= 11 is 5.90. The molecule has 0 aliphatic rings. The van der Waals surface area contributed by atoms with Crippen molar-refractivity contribution >= 4 is 17.5 Å². The number of nitrogens with zero attached hydrogens (tertiary/aromatic N) is 4. The molecule has 2 heterocycles. The fourth-order valence-corrected chi connectivity index (χ4v) is 3.08. The van der Waals surface area contributed by atoms with Crippen LogP contribution in [0.5, 0.6) is 5.75 Å². The second-order valence-corrected chi connectivity index (χ2v) is 7.86. The van der Waals surface area contributed by atoms with Gasteiger partial charge in [0.15, 0.2) is 5.82 Å². The summed E-state index contributed by atoms with van der Waals surface area (Å²) in [4.78, 5) is 21.1. The number of benzene rings is 2. The fraction of sp³-hybridized carbons (Fsp3) is 0.227. The van der Waals surface area contributed by atoms with Crippen LogP contribution in [0, 0.1) is 5.92 Å². The van der Waals surface area contributed by atoms with Gasteiger partial charge in [-0.25, -0.2) is 4.98 Å². The summed E-state index contributed by atoms with van der Waals surface area (Å²) in [5.74, 6) is 1.38. The van der Waals surface area contributed by atoms with Crippen LogP contribution in [0.4, 0.5) is 0 Å². The Morgan fingerprint density at radius 2 is 1.91 bits per heavy atom. The Hall–Kier alpha value is -3.72. The number of nitrogens with one attached hydrogen (secondary N) is 2. The smallest absolute Gasteiger partial charge is 0.251 e. The van der Waals surface area contributed by atoms with Gasteiger partial charge in [0, 0.05) is 10.6 Å². The maximum absolute atomic E-state index is 12.8. The summed E-state index contributed by atoms with van der Waals surface area (Å²) in [6.07, 6.45) is 1.36. The molecule has 0 radical (unpaired) electrons. The largest absolute Gasteiger partial charge is 0.489 e. The molecule has 2 aromatic heterocycles. The van der Waals surface area contributed by atoms with Gasteiger partial charge in [0.05, 0.1) is 0 Å². The summed E-state index contributed by atoms with van der Waals surface area (Å²) in [6, 6.07) is 13.9. The zero-order valence-corrected chi connectivity index (χ0v) is 18.2. The van der Waals surface area contributed by atoms with Crippen LogP contribution in [0.2, 0.25) is 5.02 Å². The maximum atomic E-state index is 12.8. The van der Waals surface area contributed by atoms with E-state index in [4.69, 9.17) is 20.9 Å². The Kier molecular flexibility index (Phi) is 6.46. The summed E-state index contributed by atoms with van der Waals surface area (Å²) < 4.78 is 11.1. The predicted molar refractivity (Wildman–Crippen MR) is 117 cm³/mol. The van der Waals surface area contributed by atoms with Gasteiger partial charge in [-0.15, -0.1) is 0 Å². The second-order valence-electron chi connectivity index (χ2n) is 7.42. The molecule has 4 aromatic rings. The molecule has 32 heavy (non-hydrogen) atoms. The molecule has 0 aliphatic carbocycles. The molecule has 0 bridgehead atoms. The first-order valence-electron chi connectivity index (χ1n) is 9.97. The molecular formula is C22H21ClN6O3. The van der Waals surface area contributed by atoms with Crippen molar-refractivity contribution < 1.29 is 14.1 Å². The standard InChI is InChI=1S/C22H21ClN6O3/c1-13(2)18(22-27-20(29-32-22)19-24-12-25-28-19)26-21(30)15-5-9-17(10-6-15)31-11-14-3-7-16(23)8-4-14/h3-10,12-13,18H,11H2,1-2H3,(H,26,30)(H,24,25,28). The third kappa shape index (κ3) is 5.12. The monoisotopic (exact) mass is 452 g/mol. The molecule has 1 unspecified atom stereocenters. The molecule has 9 nitrogen and oxygen atoms in total. The van der Waals surface area contributed by atoms with Crippen molar-refractivity contribution in [1.29, 1.82) is 0 Å². The van der Waals surface area contributed by atoms with Gasteiger partial charge in [0.1, 0.15) is 24.7 Å². The van der Waals surface area contributed by atoms with Gasteiger partial charge in [-0.3, -0.25) is 9.89 Å². The third-order valence-corrected chi connectivity index (χ3v) is 4.98. The van der Waals surface area contributed by atoms with Crippen molar-refractivity contribution in [2.45, 2.75) is 26.5 Å². The van der Waals surface area contributed by atoms with Crippen molar-refractivity contribution in [3.05, 3.63) is 76.9 Å². The van der Waals surface area contributed by atoms with Crippen LogP contribution in [0.15, 0.2) is 59.4 Å². The molecule has 4 rings (SSSR count). The molecule has 1 atom stereocenters. The first-order valence-corrected chi connectivity index (χ1v) is 10.3. The molecule has 0 spiro atoms. The molecule has 0 fully saturated rings. The third-order valence-electron chi connectivity index (χ3n) is 4.72. The quantitative estimate of drug-likeness (QED) is 0.411. The number of hydrogen-bond acceptors (Lipinski definition) is 7. The summed E-state index contributed by atoms with van der Waals surface area (Å²) in [5, 5.41) is 14.0. The Bertz CT molecular complexity index is 1160. The zero-order valence-electron chi connectivity index (χ0n) is 17.4. The normalized spacial score (nSPS) is 12.0. The molecule has 1 amide bonds. The molecule has 2 N–H and O–H groups in total. The Labute approximate surface area is 189 Å². The van der Waals surface area contributed by atoms with Crippen LogP contribution in [0.3, 0.4) is 0 Å². The fourth-order valence-electron chi connectivity index (χ4n) is 2.96. The van der Waals surface area contributed by atoms with Crippen LogP contribution in [0.25, 0.3) is 11.6 Å². The minimum Gasteiger partial charge on any atom is -0.489 e. The Balaban J connectivity index is 1.39. The van der Waals surface area contributed by atoms with Gasteiger partial charge in [-0.1, -0.05) is 42.7 Å².